The van der Waals surface area contributed by atoms with E-state index in [0.717, 1.165) is 4.57 Å². The topological polar surface area (TPSA) is 96.3 Å². The maximum Gasteiger partial charge on any atom is 0.340 e. The van der Waals surface area contributed by atoms with Gasteiger partial charge in [0.05, 0.1) is 22.0 Å². The molecule has 1 aromatic heterocycles. The van der Waals surface area contributed by atoms with Crippen molar-refractivity contribution in [1.82, 2.24) is 9.13 Å². The van der Waals surface area contributed by atoms with Crippen molar-refractivity contribution in [3.63, 3.8) is 0 Å². The molecule has 0 aliphatic heterocycles. The molecule has 0 radical (unpaired) electrons. The van der Waals surface area contributed by atoms with Crippen molar-refractivity contribution in [3.05, 3.63) is 61.4 Å². The molecule has 0 saturated carbocycles. The van der Waals surface area contributed by atoms with E-state index in [-0.39, 0.29) is 28.6 Å². The molecule has 0 aliphatic rings. The first-order chi connectivity index (χ1) is 10.3. The number of nitrogens with zero attached hydrogens (tertiary/aromatic N) is 2. The summed E-state index contributed by atoms with van der Waals surface area (Å²) in [5.41, 5.74) is 5.26. The number of nitrogens with two attached hydrogens (primary N) is 1. The summed E-state index contributed by atoms with van der Waals surface area (Å²) in [6.45, 7) is -0.230. The Bertz CT molecular complexity index is 854. The zero-order valence-electron chi connectivity index (χ0n) is 12.0. The van der Waals surface area contributed by atoms with Crippen molar-refractivity contribution < 1.29 is 9.53 Å². The lowest BCUT2D eigenvalue weighted by atomic mass is 10.2. The maximum absolute atomic E-state index is 12.0. The zero-order chi connectivity index (χ0) is 16.4. The molecule has 2 aromatic rings. The maximum atomic E-state index is 12.0. The van der Waals surface area contributed by atoms with Crippen molar-refractivity contribution >= 4 is 23.3 Å². The molecule has 8 heteroatoms. The van der Waals surface area contributed by atoms with Gasteiger partial charge in [0, 0.05) is 20.2 Å². The Morgan fingerprint density at radius 3 is 2.64 bits per heavy atom. The summed E-state index contributed by atoms with van der Waals surface area (Å²) in [5.74, 6) is -0.687. The lowest BCUT2D eigenvalue weighted by Gasteiger charge is -2.11. The Kier molecular flexibility index (Phi) is 4.37. The molecule has 116 valence electrons. The van der Waals surface area contributed by atoms with Crippen LogP contribution in [0.5, 0.6) is 0 Å². The first-order valence-electron chi connectivity index (χ1n) is 6.30. The number of hydrogen-bond donors (Lipinski definition) is 1. The van der Waals surface area contributed by atoms with Crippen molar-refractivity contribution in [2.75, 3.05) is 5.73 Å². The number of para-hydroxylation sites is 1. The highest BCUT2D eigenvalue weighted by Gasteiger charge is 2.14. The molecule has 7 nitrogen and oxygen atoms in total. The molecular weight excluding hydrogens is 310 g/mol. The average molecular weight is 324 g/mol. The summed E-state index contributed by atoms with van der Waals surface area (Å²) < 4.78 is 7.29. The number of benzene rings is 1. The Labute approximate surface area is 130 Å². The summed E-state index contributed by atoms with van der Waals surface area (Å²) >= 11 is 5.84. The van der Waals surface area contributed by atoms with Crippen LogP contribution >= 0.6 is 11.6 Å². The summed E-state index contributed by atoms with van der Waals surface area (Å²) in [4.78, 5) is 35.4. The van der Waals surface area contributed by atoms with E-state index < -0.39 is 17.2 Å². The minimum Gasteiger partial charge on any atom is -0.456 e. The van der Waals surface area contributed by atoms with E-state index in [9.17, 15) is 14.4 Å². The van der Waals surface area contributed by atoms with Gasteiger partial charge in [-0.15, -0.1) is 0 Å². The SMILES string of the molecule is Cn1c(COC(=O)c2cccc(Cl)c2N)cc(=O)n(C)c1=O. The van der Waals surface area contributed by atoms with Gasteiger partial charge in [-0.2, -0.15) is 0 Å². The second-order valence-electron chi connectivity index (χ2n) is 4.65. The van der Waals surface area contributed by atoms with Gasteiger partial charge < -0.3 is 10.5 Å². The predicted molar refractivity (Wildman–Crippen MR) is 81.9 cm³/mol. The minimum atomic E-state index is -0.687. The molecule has 0 aliphatic carbocycles. The first kappa shape index (κ1) is 15.8. The highest BCUT2D eigenvalue weighted by Crippen LogP contribution is 2.23. The van der Waals surface area contributed by atoms with Crippen molar-refractivity contribution in [3.8, 4) is 0 Å². The highest BCUT2D eigenvalue weighted by molar-refractivity contribution is 6.33. The van der Waals surface area contributed by atoms with Crippen LogP contribution in [0, 0.1) is 0 Å². The molecule has 22 heavy (non-hydrogen) atoms. The zero-order valence-corrected chi connectivity index (χ0v) is 12.8. The molecule has 1 aromatic carbocycles. The smallest absolute Gasteiger partial charge is 0.340 e. The first-order valence-corrected chi connectivity index (χ1v) is 6.67. The van der Waals surface area contributed by atoms with Gasteiger partial charge in [0.25, 0.3) is 5.56 Å². The number of aromatic nitrogens is 2. The summed E-state index contributed by atoms with van der Waals surface area (Å²) in [7, 11) is 2.85. The molecule has 0 unspecified atom stereocenters. The van der Waals surface area contributed by atoms with Gasteiger partial charge in [-0.05, 0) is 12.1 Å². The average Bonchev–Trinajstić information content (AvgIpc) is 2.50. The van der Waals surface area contributed by atoms with Crippen LogP contribution in [0.4, 0.5) is 5.69 Å². The molecule has 0 saturated heterocycles. The minimum absolute atomic E-state index is 0.118. The summed E-state index contributed by atoms with van der Waals surface area (Å²) in [6, 6.07) is 5.84. The second kappa shape index (κ2) is 6.07. The van der Waals surface area contributed by atoms with E-state index in [1.165, 1.54) is 30.8 Å². The Balaban J connectivity index is 2.24. The van der Waals surface area contributed by atoms with Crippen LogP contribution in [0.3, 0.4) is 0 Å². The number of carbonyl (C=O) groups excluding carboxylic acids is 1. The number of rotatable bonds is 3. The molecule has 0 spiro atoms. The van der Waals surface area contributed by atoms with Crippen LogP contribution in [-0.2, 0) is 25.4 Å². The third kappa shape index (κ3) is 2.89. The monoisotopic (exact) mass is 323 g/mol. The van der Waals surface area contributed by atoms with Crippen LogP contribution in [0.1, 0.15) is 16.1 Å². The van der Waals surface area contributed by atoms with Crippen LogP contribution in [0.25, 0.3) is 0 Å². The van der Waals surface area contributed by atoms with Gasteiger partial charge in [-0.1, -0.05) is 17.7 Å². The Hall–Kier alpha value is -2.54. The molecule has 2 rings (SSSR count). The van der Waals surface area contributed by atoms with E-state index >= 15 is 0 Å². The lowest BCUT2D eigenvalue weighted by Crippen LogP contribution is -2.38. The quantitative estimate of drug-likeness (QED) is 0.661. The van der Waals surface area contributed by atoms with E-state index in [4.69, 9.17) is 22.1 Å². The summed E-state index contributed by atoms with van der Waals surface area (Å²) in [6.07, 6.45) is 0. The third-order valence-corrected chi connectivity index (χ3v) is 3.58. The number of nitrogen functional groups attached to an aromatic ring is 1. The number of carbonyl (C=O) groups is 1. The van der Waals surface area contributed by atoms with E-state index in [1.807, 2.05) is 0 Å². The fraction of sp³-hybridized carbons (Fsp3) is 0.214. The molecule has 1 heterocycles. The summed E-state index contributed by atoms with van der Waals surface area (Å²) in [5, 5.41) is 0.246. The fourth-order valence-electron chi connectivity index (χ4n) is 1.85. The van der Waals surface area contributed by atoms with Gasteiger partial charge in [-0.3, -0.25) is 13.9 Å². The highest BCUT2D eigenvalue weighted by atomic mass is 35.5. The largest absolute Gasteiger partial charge is 0.456 e. The molecule has 0 fully saturated rings. The van der Waals surface area contributed by atoms with Gasteiger partial charge in [0.2, 0.25) is 0 Å². The number of hydrogen-bond acceptors (Lipinski definition) is 5. The van der Waals surface area contributed by atoms with Crippen molar-refractivity contribution in [1.29, 1.82) is 0 Å². The molecular formula is C14H14ClN3O4. The second-order valence-corrected chi connectivity index (χ2v) is 5.06. The van der Waals surface area contributed by atoms with Crippen LogP contribution in [0.2, 0.25) is 5.02 Å². The molecule has 2 N–H and O–H groups in total. The van der Waals surface area contributed by atoms with Gasteiger partial charge in [-0.25, -0.2) is 9.59 Å². The van der Waals surface area contributed by atoms with Gasteiger partial charge in [0.1, 0.15) is 6.61 Å². The molecule has 0 amide bonds. The standard InChI is InChI=1S/C14H14ClN3O4/c1-17-8(6-11(19)18(2)14(17)21)7-22-13(20)9-4-3-5-10(15)12(9)16/h3-6H,7,16H2,1-2H3. The Morgan fingerprint density at radius 2 is 1.95 bits per heavy atom. The van der Waals surface area contributed by atoms with E-state index in [2.05, 4.69) is 0 Å². The van der Waals surface area contributed by atoms with Crippen molar-refractivity contribution in [2.45, 2.75) is 6.61 Å². The number of esters is 1. The normalized spacial score (nSPS) is 10.5. The number of ether oxygens (including phenoxy) is 1. The van der Waals surface area contributed by atoms with Gasteiger partial charge >= 0.3 is 11.7 Å². The molecule has 0 bridgehead atoms. The third-order valence-electron chi connectivity index (χ3n) is 3.25. The van der Waals surface area contributed by atoms with Crippen molar-refractivity contribution in [2.24, 2.45) is 14.1 Å². The molecule has 0 atom stereocenters. The lowest BCUT2D eigenvalue weighted by molar-refractivity contribution is 0.0464. The Morgan fingerprint density at radius 1 is 1.27 bits per heavy atom. The number of halogens is 1. The van der Waals surface area contributed by atoms with Crippen LogP contribution in [-0.4, -0.2) is 15.1 Å². The van der Waals surface area contributed by atoms with Gasteiger partial charge in [0.15, 0.2) is 0 Å². The fourth-order valence-corrected chi connectivity index (χ4v) is 2.02. The predicted octanol–water partition coefficient (Wildman–Crippen LogP) is 0.677. The van der Waals surface area contributed by atoms with E-state index in [0.29, 0.717) is 0 Å². The van der Waals surface area contributed by atoms with Crippen LogP contribution in [0.15, 0.2) is 33.9 Å². The van der Waals surface area contributed by atoms with Crippen LogP contribution < -0.4 is 17.0 Å². The number of anilines is 1. The van der Waals surface area contributed by atoms with E-state index in [1.54, 1.807) is 12.1 Å².